The first kappa shape index (κ1) is 12.8. The van der Waals surface area contributed by atoms with E-state index in [0.29, 0.717) is 23.8 Å². The van der Waals surface area contributed by atoms with E-state index in [9.17, 15) is 5.11 Å². The normalized spacial score (nSPS) is 27.5. The van der Waals surface area contributed by atoms with Crippen molar-refractivity contribution < 1.29 is 5.11 Å². The summed E-state index contributed by atoms with van der Waals surface area (Å²) in [7, 11) is 0. The van der Waals surface area contributed by atoms with E-state index in [1.165, 1.54) is 6.42 Å². The monoisotopic (exact) mass is 245 g/mol. The Hall–Kier alpha value is -1.60. The third-order valence-electron chi connectivity index (χ3n) is 3.58. The topological polar surface area (TPSA) is 68.9 Å². The van der Waals surface area contributed by atoms with Crippen molar-refractivity contribution in [1.82, 2.24) is 4.98 Å². The molecule has 0 bridgehead atoms. The van der Waals surface area contributed by atoms with Gasteiger partial charge in [0.05, 0.1) is 11.2 Å². The van der Waals surface area contributed by atoms with Gasteiger partial charge in [-0.05, 0) is 30.9 Å². The molecular weight excluding hydrogens is 226 g/mol. The van der Waals surface area contributed by atoms with Crippen molar-refractivity contribution in [2.75, 3.05) is 11.9 Å². The Kier molecular flexibility index (Phi) is 3.83. The Morgan fingerprint density at radius 3 is 3.22 bits per heavy atom. The van der Waals surface area contributed by atoms with Crippen LogP contribution in [0.2, 0.25) is 0 Å². The molecule has 0 amide bonds. The zero-order valence-corrected chi connectivity index (χ0v) is 10.7. The summed E-state index contributed by atoms with van der Waals surface area (Å²) in [6, 6.07) is 5.56. The van der Waals surface area contributed by atoms with Crippen LogP contribution in [0.1, 0.15) is 38.2 Å². The zero-order valence-electron chi connectivity index (χ0n) is 10.7. The predicted octanol–water partition coefficient (Wildman–Crippen LogP) is 2.31. The number of aliphatic hydroxyl groups is 1. The molecule has 0 radical (unpaired) electrons. The molecule has 1 fully saturated rings. The van der Waals surface area contributed by atoms with Crippen LogP contribution in [0.15, 0.2) is 18.3 Å². The maximum atomic E-state index is 10.5. The van der Waals surface area contributed by atoms with Crippen molar-refractivity contribution in [3.8, 4) is 6.07 Å². The number of nitrogens with zero attached hydrogens (tertiary/aromatic N) is 2. The Balaban J connectivity index is 2.01. The molecule has 96 valence electrons. The SMILES string of the molecule is CC1CCCC(O)(CNc2ncccc2C#N)C1. The van der Waals surface area contributed by atoms with Gasteiger partial charge in [0, 0.05) is 12.7 Å². The molecular formula is C14H19N3O. The predicted molar refractivity (Wildman–Crippen MR) is 70.0 cm³/mol. The first-order valence-electron chi connectivity index (χ1n) is 6.44. The van der Waals surface area contributed by atoms with Crippen LogP contribution < -0.4 is 5.32 Å². The molecule has 4 nitrogen and oxygen atoms in total. The maximum absolute atomic E-state index is 10.5. The highest BCUT2D eigenvalue weighted by molar-refractivity contribution is 5.51. The molecule has 0 aliphatic heterocycles. The molecule has 1 aliphatic rings. The van der Waals surface area contributed by atoms with Crippen molar-refractivity contribution >= 4 is 5.82 Å². The number of anilines is 1. The molecule has 2 atom stereocenters. The quantitative estimate of drug-likeness (QED) is 0.857. The average molecular weight is 245 g/mol. The van der Waals surface area contributed by atoms with E-state index in [4.69, 9.17) is 5.26 Å². The second-order valence-corrected chi connectivity index (χ2v) is 5.29. The van der Waals surface area contributed by atoms with Gasteiger partial charge in [0.15, 0.2) is 0 Å². The molecule has 0 saturated heterocycles. The summed E-state index contributed by atoms with van der Waals surface area (Å²) in [5, 5.41) is 22.6. The van der Waals surface area contributed by atoms with E-state index in [0.717, 1.165) is 19.3 Å². The van der Waals surface area contributed by atoms with Gasteiger partial charge in [0.25, 0.3) is 0 Å². The van der Waals surface area contributed by atoms with Gasteiger partial charge < -0.3 is 10.4 Å². The van der Waals surface area contributed by atoms with Crippen LogP contribution in [0.3, 0.4) is 0 Å². The Labute approximate surface area is 108 Å². The van der Waals surface area contributed by atoms with Crippen molar-refractivity contribution in [1.29, 1.82) is 5.26 Å². The van der Waals surface area contributed by atoms with Crippen LogP contribution in [0.4, 0.5) is 5.82 Å². The highest BCUT2D eigenvalue weighted by Gasteiger charge is 2.32. The molecule has 0 aromatic carbocycles. The van der Waals surface area contributed by atoms with Gasteiger partial charge in [-0.1, -0.05) is 19.8 Å². The van der Waals surface area contributed by atoms with Crippen molar-refractivity contribution in [3.63, 3.8) is 0 Å². The Bertz CT molecular complexity index is 455. The first-order chi connectivity index (χ1) is 8.63. The highest BCUT2D eigenvalue weighted by atomic mass is 16.3. The minimum absolute atomic E-state index is 0.461. The molecule has 1 aromatic heterocycles. The summed E-state index contributed by atoms with van der Waals surface area (Å²) in [6.45, 7) is 2.63. The molecule has 2 N–H and O–H groups in total. The number of nitrogens with one attached hydrogen (secondary N) is 1. The van der Waals surface area contributed by atoms with E-state index in [1.54, 1.807) is 18.3 Å². The van der Waals surface area contributed by atoms with Crippen LogP contribution in [-0.4, -0.2) is 22.2 Å². The lowest BCUT2D eigenvalue weighted by Gasteiger charge is -2.35. The molecule has 1 aliphatic carbocycles. The molecule has 1 saturated carbocycles. The summed E-state index contributed by atoms with van der Waals surface area (Å²) in [4.78, 5) is 4.14. The van der Waals surface area contributed by atoms with E-state index >= 15 is 0 Å². The van der Waals surface area contributed by atoms with E-state index in [1.807, 2.05) is 0 Å². The smallest absolute Gasteiger partial charge is 0.143 e. The highest BCUT2D eigenvalue weighted by Crippen LogP contribution is 2.32. The number of aromatic nitrogens is 1. The van der Waals surface area contributed by atoms with Crippen molar-refractivity contribution in [3.05, 3.63) is 23.9 Å². The lowest BCUT2D eigenvalue weighted by atomic mass is 9.79. The van der Waals surface area contributed by atoms with Crippen molar-refractivity contribution in [2.45, 2.75) is 38.2 Å². The van der Waals surface area contributed by atoms with Crippen LogP contribution in [-0.2, 0) is 0 Å². The summed E-state index contributed by atoms with van der Waals surface area (Å²) in [5.41, 5.74) is -0.146. The van der Waals surface area contributed by atoms with Gasteiger partial charge in [-0.3, -0.25) is 0 Å². The maximum Gasteiger partial charge on any atom is 0.143 e. The van der Waals surface area contributed by atoms with Crippen LogP contribution in [0.5, 0.6) is 0 Å². The zero-order chi connectivity index (χ0) is 13.0. The molecule has 2 rings (SSSR count). The van der Waals surface area contributed by atoms with Crippen LogP contribution in [0.25, 0.3) is 0 Å². The third-order valence-corrected chi connectivity index (χ3v) is 3.58. The summed E-state index contributed by atoms with van der Waals surface area (Å²) in [5.74, 6) is 1.12. The lowest BCUT2D eigenvalue weighted by Crippen LogP contribution is -2.41. The van der Waals surface area contributed by atoms with Crippen LogP contribution in [0, 0.1) is 17.2 Å². The average Bonchev–Trinajstić information content (AvgIpc) is 2.36. The fraction of sp³-hybridized carbons (Fsp3) is 0.571. The molecule has 18 heavy (non-hydrogen) atoms. The summed E-state index contributed by atoms with van der Waals surface area (Å²) >= 11 is 0. The molecule has 0 spiro atoms. The molecule has 1 heterocycles. The molecule has 2 unspecified atom stereocenters. The number of hydrogen-bond acceptors (Lipinski definition) is 4. The Morgan fingerprint density at radius 2 is 2.50 bits per heavy atom. The Morgan fingerprint density at radius 1 is 1.67 bits per heavy atom. The van der Waals surface area contributed by atoms with Gasteiger partial charge in [0.1, 0.15) is 11.9 Å². The second kappa shape index (κ2) is 5.36. The summed E-state index contributed by atoms with van der Waals surface area (Å²) in [6.07, 6.45) is 5.53. The molecule has 4 heteroatoms. The lowest BCUT2D eigenvalue weighted by molar-refractivity contribution is -0.000828. The number of nitriles is 1. The van der Waals surface area contributed by atoms with E-state index < -0.39 is 5.60 Å². The number of pyridine rings is 1. The first-order valence-corrected chi connectivity index (χ1v) is 6.44. The van der Waals surface area contributed by atoms with E-state index in [-0.39, 0.29) is 0 Å². The minimum Gasteiger partial charge on any atom is -0.388 e. The van der Waals surface area contributed by atoms with Gasteiger partial charge in [0.2, 0.25) is 0 Å². The van der Waals surface area contributed by atoms with Crippen molar-refractivity contribution in [2.24, 2.45) is 5.92 Å². The van der Waals surface area contributed by atoms with Gasteiger partial charge in [-0.25, -0.2) is 4.98 Å². The van der Waals surface area contributed by atoms with Crippen LogP contribution >= 0.6 is 0 Å². The minimum atomic E-state index is -0.665. The van der Waals surface area contributed by atoms with Gasteiger partial charge >= 0.3 is 0 Å². The summed E-state index contributed by atoms with van der Waals surface area (Å²) < 4.78 is 0. The second-order valence-electron chi connectivity index (χ2n) is 5.29. The standard InChI is InChI=1S/C14H19N3O/c1-11-4-2-6-14(18,8-11)10-17-13-12(9-15)5-3-7-16-13/h3,5,7,11,18H,2,4,6,8,10H2,1H3,(H,16,17). The fourth-order valence-corrected chi connectivity index (χ4v) is 2.68. The van der Waals surface area contributed by atoms with E-state index in [2.05, 4.69) is 23.3 Å². The fourth-order valence-electron chi connectivity index (χ4n) is 2.68. The molecule has 1 aromatic rings. The number of hydrogen-bond donors (Lipinski definition) is 2. The third kappa shape index (κ3) is 2.99. The number of rotatable bonds is 3. The van der Waals surface area contributed by atoms with Gasteiger partial charge in [-0.2, -0.15) is 5.26 Å². The van der Waals surface area contributed by atoms with Gasteiger partial charge in [-0.15, -0.1) is 0 Å². The largest absolute Gasteiger partial charge is 0.388 e.